The zero-order valence-electron chi connectivity index (χ0n) is 11.6. The number of H-pyrrole nitrogens is 1. The zero-order valence-corrected chi connectivity index (χ0v) is 11.6. The Labute approximate surface area is 125 Å². The Morgan fingerprint density at radius 3 is 2.91 bits per heavy atom. The zero-order chi connectivity index (χ0) is 15.1. The van der Waals surface area contributed by atoms with Gasteiger partial charge in [0.1, 0.15) is 11.4 Å². The van der Waals surface area contributed by atoms with E-state index in [1.165, 1.54) is 6.07 Å². The first-order valence-electron chi connectivity index (χ1n) is 7.10. The number of anilines is 1. The van der Waals surface area contributed by atoms with Crippen molar-refractivity contribution in [3.05, 3.63) is 58.1 Å². The quantitative estimate of drug-likeness (QED) is 0.777. The van der Waals surface area contributed by atoms with E-state index in [-0.39, 0.29) is 11.2 Å². The van der Waals surface area contributed by atoms with Crippen LogP contribution in [0.3, 0.4) is 0 Å². The number of benzene rings is 1. The summed E-state index contributed by atoms with van der Waals surface area (Å²) < 4.78 is 5.50. The number of carbonyl (C=O) groups excluding carboxylic acids is 1. The van der Waals surface area contributed by atoms with Gasteiger partial charge in [-0.2, -0.15) is 5.10 Å². The molecule has 0 bridgehead atoms. The van der Waals surface area contributed by atoms with Gasteiger partial charge in [-0.1, -0.05) is 12.1 Å². The van der Waals surface area contributed by atoms with Gasteiger partial charge < -0.3 is 9.73 Å². The van der Waals surface area contributed by atoms with Crippen molar-refractivity contribution in [3.8, 4) is 0 Å². The number of aromatic nitrogens is 2. The number of hydrogen-bond acceptors (Lipinski definition) is 4. The van der Waals surface area contributed by atoms with Gasteiger partial charge in [0.05, 0.1) is 11.1 Å². The van der Waals surface area contributed by atoms with E-state index >= 15 is 0 Å². The second-order valence-corrected chi connectivity index (χ2v) is 5.41. The highest BCUT2D eigenvalue weighted by Crippen LogP contribution is 2.39. The molecule has 0 spiro atoms. The van der Waals surface area contributed by atoms with Gasteiger partial charge in [-0.25, -0.2) is 0 Å². The smallest absolute Gasteiger partial charge is 0.292 e. The number of aromatic amines is 1. The number of nitrogens with one attached hydrogen (secondary N) is 2. The minimum Gasteiger partial charge on any atom is -0.451 e. The SMILES string of the molecule is O=C(Nc1cc(C2CC2)n[nH]1)c1cc(=O)c2ccccc2o1. The standard InChI is InChI=1S/C16H13N3O3/c20-12-8-14(22-13-4-2-1-3-10(12)13)16(21)17-15-7-11(18-19-15)9-5-6-9/h1-4,7-9H,5-6H2,(H2,17,18,19,21). The lowest BCUT2D eigenvalue weighted by molar-refractivity contribution is 0.0997. The molecule has 0 unspecified atom stereocenters. The van der Waals surface area contributed by atoms with Gasteiger partial charge in [0, 0.05) is 18.1 Å². The first-order chi connectivity index (χ1) is 10.7. The van der Waals surface area contributed by atoms with E-state index in [1.54, 1.807) is 24.3 Å². The first kappa shape index (κ1) is 12.8. The summed E-state index contributed by atoms with van der Waals surface area (Å²) in [4.78, 5) is 24.2. The summed E-state index contributed by atoms with van der Waals surface area (Å²) in [5.41, 5.74) is 1.11. The maximum atomic E-state index is 12.2. The number of hydrogen-bond donors (Lipinski definition) is 2. The Bertz CT molecular complexity index is 922. The molecule has 0 aliphatic heterocycles. The monoisotopic (exact) mass is 295 g/mol. The van der Waals surface area contributed by atoms with Gasteiger partial charge in [-0.15, -0.1) is 0 Å². The third-order valence-electron chi connectivity index (χ3n) is 3.70. The van der Waals surface area contributed by atoms with Crippen molar-refractivity contribution in [2.45, 2.75) is 18.8 Å². The molecule has 2 N–H and O–H groups in total. The number of amides is 1. The summed E-state index contributed by atoms with van der Waals surface area (Å²) >= 11 is 0. The van der Waals surface area contributed by atoms with Crippen LogP contribution < -0.4 is 10.7 Å². The van der Waals surface area contributed by atoms with Crippen LogP contribution in [0.15, 0.2) is 45.6 Å². The minimum atomic E-state index is -0.478. The molecule has 1 aliphatic carbocycles. The maximum Gasteiger partial charge on any atom is 0.292 e. The molecule has 1 aliphatic rings. The Balaban J connectivity index is 1.62. The minimum absolute atomic E-state index is 0.0220. The molecule has 110 valence electrons. The molecule has 1 aromatic carbocycles. The maximum absolute atomic E-state index is 12.2. The van der Waals surface area contributed by atoms with Gasteiger partial charge >= 0.3 is 0 Å². The van der Waals surface area contributed by atoms with Crippen LogP contribution in [0.5, 0.6) is 0 Å². The van der Waals surface area contributed by atoms with Crippen LogP contribution in [0.1, 0.15) is 35.0 Å². The average Bonchev–Trinajstić information content (AvgIpc) is 3.27. The van der Waals surface area contributed by atoms with Gasteiger partial charge in [-0.05, 0) is 25.0 Å². The molecule has 1 amide bonds. The Kier molecular flexibility index (Phi) is 2.82. The van der Waals surface area contributed by atoms with Gasteiger partial charge in [0.25, 0.3) is 5.91 Å². The normalized spacial score (nSPS) is 14.2. The molecule has 3 aromatic rings. The average molecular weight is 295 g/mol. The first-order valence-corrected chi connectivity index (χ1v) is 7.10. The van der Waals surface area contributed by atoms with Crippen LogP contribution >= 0.6 is 0 Å². The van der Waals surface area contributed by atoms with E-state index in [0.717, 1.165) is 18.5 Å². The van der Waals surface area contributed by atoms with E-state index in [1.807, 2.05) is 6.07 Å². The van der Waals surface area contributed by atoms with Crippen molar-refractivity contribution < 1.29 is 9.21 Å². The predicted molar refractivity (Wildman–Crippen MR) is 81.0 cm³/mol. The summed E-state index contributed by atoms with van der Waals surface area (Å²) in [6.45, 7) is 0. The van der Waals surface area contributed by atoms with Crippen LogP contribution in [0.4, 0.5) is 5.82 Å². The second kappa shape index (κ2) is 4.84. The van der Waals surface area contributed by atoms with Crippen molar-refractivity contribution in [2.75, 3.05) is 5.32 Å². The highest BCUT2D eigenvalue weighted by Gasteiger charge is 2.26. The van der Waals surface area contributed by atoms with Crippen LogP contribution in [0.2, 0.25) is 0 Å². The van der Waals surface area contributed by atoms with Gasteiger partial charge in [-0.3, -0.25) is 14.7 Å². The van der Waals surface area contributed by atoms with Gasteiger partial charge in [0.2, 0.25) is 0 Å². The molecular weight excluding hydrogens is 282 g/mol. The number of para-hydroxylation sites is 1. The third kappa shape index (κ3) is 2.28. The molecule has 6 heteroatoms. The summed E-state index contributed by atoms with van der Waals surface area (Å²) in [6, 6.07) is 9.85. The van der Waals surface area contributed by atoms with Crippen LogP contribution in [-0.4, -0.2) is 16.1 Å². The van der Waals surface area contributed by atoms with E-state index in [2.05, 4.69) is 15.5 Å². The number of fused-ring (bicyclic) bond motifs is 1. The lowest BCUT2D eigenvalue weighted by Gasteiger charge is -2.03. The highest BCUT2D eigenvalue weighted by molar-refractivity contribution is 6.02. The molecule has 1 saturated carbocycles. The fraction of sp³-hybridized carbons (Fsp3) is 0.188. The number of rotatable bonds is 3. The molecule has 6 nitrogen and oxygen atoms in total. The summed E-state index contributed by atoms with van der Waals surface area (Å²) in [5, 5.41) is 10.1. The molecule has 2 aromatic heterocycles. The largest absolute Gasteiger partial charge is 0.451 e. The fourth-order valence-electron chi connectivity index (χ4n) is 2.39. The highest BCUT2D eigenvalue weighted by atomic mass is 16.3. The van der Waals surface area contributed by atoms with Gasteiger partial charge in [0.15, 0.2) is 11.2 Å². The summed E-state index contributed by atoms with van der Waals surface area (Å²) in [6.07, 6.45) is 2.27. The topological polar surface area (TPSA) is 88.0 Å². The van der Waals surface area contributed by atoms with E-state index in [9.17, 15) is 9.59 Å². The van der Waals surface area contributed by atoms with Crippen molar-refractivity contribution in [3.63, 3.8) is 0 Å². The van der Waals surface area contributed by atoms with E-state index < -0.39 is 5.91 Å². The second-order valence-electron chi connectivity index (χ2n) is 5.41. The third-order valence-corrected chi connectivity index (χ3v) is 3.70. The predicted octanol–water partition coefficient (Wildman–Crippen LogP) is 2.65. The Morgan fingerprint density at radius 2 is 2.09 bits per heavy atom. The molecule has 1 fully saturated rings. The number of nitrogens with zero attached hydrogens (tertiary/aromatic N) is 1. The van der Waals surface area contributed by atoms with Crippen molar-refractivity contribution in [2.24, 2.45) is 0 Å². The van der Waals surface area contributed by atoms with Crippen molar-refractivity contribution >= 4 is 22.7 Å². The molecule has 2 heterocycles. The van der Waals surface area contributed by atoms with Crippen LogP contribution in [-0.2, 0) is 0 Å². The molecule has 0 radical (unpaired) electrons. The fourth-order valence-corrected chi connectivity index (χ4v) is 2.39. The van der Waals surface area contributed by atoms with E-state index in [0.29, 0.717) is 22.7 Å². The summed E-state index contributed by atoms with van der Waals surface area (Å²) in [7, 11) is 0. The van der Waals surface area contributed by atoms with Crippen LogP contribution in [0, 0.1) is 0 Å². The molecule has 0 saturated heterocycles. The van der Waals surface area contributed by atoms with Crippen molar-refractivity contribution in [1.82, 2.24) is 10.2 Å². The Hall–Kier alpha value is -2.89. The van der Waals surface area contributed by atoms with Crippen molar-refractivity contribution in [1.29, 1.82) is 0 Å². The molecule has 22 heavy (non-hydrogen) atoms. The molecule has 0 atom stereocenters. The van der Waals surface area contributed by atoms with E-state index in [4.69, 9.17) is 4.42 Å². The molecule has 4 rings (SSSR count). The lowest BCUT2D eigenvalue weighted by Crippen LogP contribution is -2.15. The summed E-state index contributed by atoms with van der Waals surface area (Å²) in [5.74, 6) is 0.503. The van der Waals surface area contributed by atoms with Crippen LogP contribution in [0.25, 0.3) is 11.0 Å². The Morgan fingerprint density at radius 1 is 1.27 bits per heavy atom. The number of carbonyl (C=O) groups is 1. The molecular formula is C16H13N3O3. The lowest BCUT2D eigenvalue weighted by atomic mass is 10.2.